The Kier molecular flexibility index (Phi) is 4.01. The van der Waals surface area contributed by atoms with Crippen molar-refractivity contribution in [3.8, 4) is 0 Å². The number of carbonyl (C=O) groups is 2. The predicted molar refractivity (Wildman–Crippen MR) is 72.8 cm³/mol. The molecule has 0 unspecified atom stereocenters. The van der Waals surface area contributed by atoms with Crippen molar-refractivity contribution in [2.24, 2.45) is 0 Å². The highest BCUT2D eigenvalue weighted by Crippen LogP contribution is 2.32. The topological polar surface area (TPSA) is 40.6 Å². The predicted octanol–water partition coefficient (Wildman–Crippen LogP) is 2.38. The number of amides is 2. The highest BCUT2D eigenvalue weighted by atomic mass is 32.2. The van der Waals surface area contributed by atoms with Gasteiger partial charge in [-0.2, -0.15) is 0 Å². The van der Waals surface area contributed by atoms with Gasteiger partial charge in [-0.15, -0.1) is 0 Å². The fraction of sp³-hybridized carbons (Fsp3) is 0.231. The minimum absolute atomic E-state index is 0.222. The van der Waals surface area contributed by atoms with Crippen molar-refractivity contribution < 1.29 is 14.0 Å². The van der Waals surface area contributed by atoms with Crippen LogP contribution in [0.3, 0.4) is 0 Å². The molecule has 0 aromatic heterocycles. The minimum Gasteiger partial charge on any atom is -0.292 e. The SMILES string of the molecule is CN(C)CN1C(=O)SC(=Cc2ccccc2F)C1=O. The van der Waals surface area contributed by atoms with Crippen molar-refractivity contribution in [2.45, 2.75) is 0 Å². The van der Waals surface area contributed by atoms with Crippen LogP contribution >= 0.6 is 11.8 Å². The van der Waals surface area contributed by atoms with Crippen LogP contribution in [0.15, 0.2) is 29.2 Å². The van der Waals surface area contributed by atoms with Crippen LogP contribution in [-0.4, -0.2) is 41.7 Å². The number of hydrogen-bond acceptors (Lipinski definition) is 4. The first-order valence-electron chi connectivity index (χ1n) is 5.63. The molecule has 0 saturated carbocycles. The number of hydrogen-bond donors (Lipinski definition) is 0. The van der Waals surface area contributed by atoms with Crippen molar-refractivity contribution in [3.63, 3.8) is 0 Å². The number of imide groups is 1. The molecule has 2 rings (SSSR count). The van der Waals surface area contributed by atoms with E-state index in [9.17, 15) is 14.0 Å². The normalized spacial score (nSPS) is 17.9. The maximum Gasteiger partial charge on any atom is 0.294 e. The van der Waals surface area contributed by atoms with Gasteiger partial charge in [-0.1, -0.05) is 18.2 Å². The molecule has 0 spiro atoms. The first kappa shape index (κ1) is 13.8. The third-order valence-electron chi connectivity index (χ3n) is 2.49. The van der Waals surface area contributed by atoms with E-state index in [-0.39, 0.29) is 22.7 Å². The Labute approximate surface area is 114 Å². The summed E-state index contributed by atoms with van der Waals surface area (Å²) in [6.45, 7) is 0.222. The summed E-state index contributed by atoms with van der Waals surface area (Å²) in [4.78, 5) is 26.9. The van der Waals surface area contributed by atoms with Crippen LogP contribution in [0, 0.1) is 5.82 Å². The van der Waals surface area contributed by atoms with E-state index in [0.29, 0.717) is 5.56 Å². The van der Waals surface area contributed by atoms with E-state index >= 15 is 0 Å². The standard InChI is InChI=1S/C13H13FN2O2S/c1-15(2)8-16-12(17)11(19-13(16)18)7-9-5-3-4-6-10(9)14/h3-7H,8H2,1-2H3. The largest absolute Gasteiger partial charge is 0.294 e. The zero-order valence-corrected chi connectivity index (χ0v) is 11.4. The van der Waals surface area contributed by atoms with E-state index in [1.807, 2.05) is 0 Å². The van der Waals surface area contributed by atoms with Crippen LogP contribution in [-0.2, 0) is 4.79 Å². The Bertz CT molecular complexity index is 557. The average Bonchev–Trinajstić information content (AvgIpc) is 2.60. The molecule has 100 valence electrons. The van der Waals surface area contributed by atoms with E-state index in [1.165, 1.54) is 12.1 Å². The quantitative estimate of drug-likeness (QED) is 0.797. The molecule has 19 heavy (non-hydrogen) atoms. The van der Waals surface area contributed by atoms with Crippen LogP contribution in [0.4, 0.5) is 9.18 Å². The van der Waals surface area contributed by atoms with E-state index in [0.717, 1.165) is 16.7 Å². The molecule has 1 aliphatic heterocycles. The molecule has 4 nitrogen and oxygen atoms in total. The van der Waals surface area contributed by atoms with Gasteiger partial charge < -0.3 is 0 Å². The molecule has 1 fully saturated rings. The van der Waals surface area contributed by atoms with Gasteiger partial charge in [0.1, 0.15) is 5.82 Å². The Morgan fingerprint density at radius 2 is 2.00 bits per heavy atom. The first-order chi connectivity index (χ1) is 8.99. The van der Waals surface area contributed by atoms with Crippen molar-refractivity contribution in [1.29, 1.82) is 0 Å². The van der Waals surface area contributed by atoms with Gasteiger partial charge in [0.2, 0.25) is 0 Å². The van der Waals surface area contributed by atoms with Crippen molar-refractivity contribution >= 4 is 29.0 Å². The van der Waals surface area contributed by atoms with E-state index in [1.54, 1.807) is 37.2 Å². The molecule has 0 aliphatic carbocycles. The molecular formula is C13H13FN2O2S. The molecule has 0 radical (unpaired) electrons. The second-order valence-corrected chi connectivity index (χ2v) is 5.35. The highest BCUT2D eigenvalue weighted by Gasteiger charge is 2.35. The zero-order chi connectivity index (χ0) is 14.0. The van der Waals surface area contributed by atoms with Gasteiger partial charge in [-0.25, -0.2) is 4.39 Å². The van der Waals surface area contributed by atoms with Gasteiger partial charge in [-0.3, -0.25) is 19.4 Å². The minimum atomic E-state index is -0.415. The molecular weight excluding hydrogens is 267 g/mol. The number of carbonyl (C=O) groups excluding carboxylic acids is 2. The summed E-state index contributed by atoms with van der Waals surface area (Å²) in [6, 6.07) is 6.13. The maximum absolute atomic E-state index is 13.5. The van der Waals surface area contributed by atoms with Crippen LogP contribution < -0.4 is 0 Å². The van der Waals surface area contributed by atoms with Gasteiger partial charge in [0.05, 0.1) is 11.6 Å². The summed E-state index contributed by atoms with van der Waals surface area (Å²) in [5, 5.41) is -0.332. The first-order valence-corrected chi connectivity index (χ1v) is 6.45. The van der Waals surface area contributed by atoms with Crippen LogP contribution in [0.5, 0.6) is 0 Å². The van der Waals surface area contributed by atoms with E-state index in [2.05, 4.69) is 0 Å². The van der Waals surface area contributed by atoms with Crippen molar-refractivity contribution in [3.05, 3.63) is 40.6 Å². The Hall–Kier alpha value is -1.66. The summed E-state index contributed by atoms with van der Waals surface area (Å²) in [5.41, 5.74) is 0.304. The molecule has 1 aromatic carbocycles. The van der Waals surface area contributed by atoms with Crippen molar-refractivity contribution in [2.75, 3.05) is 20.8 Å². The van der Waals surface area contributed by atoms with Crippen LogP contribution in [0.25, 0.3) is 6.08 Å². The Balaban J connectivity index is 2.26. The molecule has 1 heterocycles. The monoisotopic (exact) mass is 280 g/mol. The summed E-state index contributed by atoms with van der Waals surface area (Å²) >= 11 is 0.833. The molecule has 0 N–H and O–H groups in total. The molecule has 1 aromatic rings. The van der Waals surface area contributed by atoms with Crippen LogP contribution in [0.1, 0.15) is 5.56 Å². The van der Waals surface area contributed by atoms with Crippen molar-refractivity contribution in [1.82, 2.24) is 9.80 Å². The molecule has 6 heteroatoms. The highest BCUT2D eigenvalue weighted by molar-refractivity contribution is 8.18. The lowest BCUT2D eigenvalue weighted by Gasteiger charge is -2.17. The van der Waals surface area contributed by atoms with Gasteiger partial charge >= 0.3 is 0 Å². The number of benzene rings is 1. The van der Waals surface area contributed by atoms with E-state index < -0.39 is 5.82 Å². The Morgan fingerprint density at radius 1 is 1.32 bits per heavy atom. The number of nitrogens with zero attached hydrogens (tertiary/aromatic N) is 2. The Morgan fingerprint density at radius 3 is 2.63 bits per heavy atom. The number of halogens is 1. The lowest BCUT2D eigenvalue weighted by molar-refractivity contribution is -0.123. The maximum atomic E-state index is 13.5. The van der Waals surface area contributed by atoms with Gasteiger partial charge in [0.15, 0.2) is 0 Å². The fourth-order valence-electron chi connectivity index (χ4n) is 1.64. The zero-order valence-electron chi connectivity index (χ0n) is 10.6. The molecule has 0 atom stereocenters. The summed E-state index contributed by atoms with van der Waals surface area (Å²) in [6.07, 6.45) is 1.41. The van der Waals surface area contributed by atoms with Gasteiger partial charge in [-0.05, 0) is 38.0 Å². The number of rotatable bonds is 3. The lowest BCUT2D eigenvalue weighted by atomic mass is 10.2. The second-order valence-electron chi connectivity index (χ2n) is 4.35. The average molecular weight is 280 g/mol. The fourth-order valence-corrected chi connectivity index (χ4v) is 2.46. The lowest BCUT2D eigenvalue weighted by Crippen LogP contribution is -2.36. The summed E-state index contributed by atoms with van der Waals surface area (Å²) < 4.78 is 13.5. The summed E-state index contributed by atoms with van der Waals surface area (Å²) in [5.74, 6) is -0.797. The van der Waals surface area contributed by atoms with E-state index in [4.69, 9.17) is 0 Å². The smallest absolute Gasteiger partial charge is 0.292 e. The molecule has 1 aliphatic rings. The summed E-state index contributed by atoms with van der Waals surface area (Å²) in [7, 11) is 3.54. The van der Waals surface area contributed by atoms with Crippen LogP contribution in [0.2, 0.25) is 0 Å². The van der Waals surface area contributed by atoms with Gasteiger partial charge in [0, 0.05) is 5.56 Å². The third-order valence-corrected chi connectivity index (χ3v) is 3.40. The molecule has 1 saturated heterocycles. The second kappa shape index (κ2) is 5.54. The van der Waals surface area contributed by atoms with Gasteiger partial charge in [0.25, 0.3) is 11.1 Å². The molecule has 2 amide bonds. The molecule has 0 bridgehead atoms. The third kappa shape index (κ3) is 3.02. The number of thioether (sulfide) groups is 1.